The van der Waals surface area contributed by atoms with E-state index in [0.29, 0.717) is 50.5 Å². The first-order valence-corrected chi connectivity index (χ1v) is 14.7. The van der Waals surface area contributed by atoms with Gasteiger partial charge in [0.15, 0.2) is 5.75 Å². The topological polar surface area (TPSA) is 123 Å². The Morgan fingerprint density at radius 2 is 1.84 bits per heavy atom. The molecule has 2 amide bonds. The number of hydrogen-bond acceptors (Lipinski definition) is 6. The molecule has 5 rings (SSSR count). The first-order valence-electron chi connectivity index (χ1n) is 14.7. The summed E-state index contributed by atoms with van der Waals surface area (Å²) >= 11 is 0. The van der Waals surface area contributed by atoms with Gasteiger partial charge >= 0.3 is 5.97 Å². The van der Waals surface area contributed by atoms with Crippen molar-refractivity contribution in [3.05, 3.63) is 95.3 Å². The van der Waals surface area contributed by atoms with Crippen molar-refractivity contribution in [1.29, 1.82) is 0 Å². The van der Waals surface area contributed by atoms with E-state index in [9.17, 15) is 14.4 Å². The number of aliphatic carboxylic acids is 1. The van der Waals surface area contributed by atoms with E-state index in [1.807, 2.05) is 60.5 Å². The highest BCUT2D eigenvalue weighted by atomic mass is 16.5. The third kappa shape index (κ3) is 7.26. The van der Waals surface area contributed by atoms with Gasteiger partial charge in [0.05, 0.1) is 31.6 Å². The number of nitrogens with one attached hydrogen (secondary N) is 1. The predicted molar refractivity (Wildman–Crippen MR) is 166 cm³/mol. The average Bonchev–Trinajstić information content (AvgIpc) is 3.37. The molecule has 10 nitrogen and oxygen atoms in total. The Labute approximate surface area is 256 Å². The second-order valence-corrected chi connectivity index (χ2v) is 10.8. The SMILES string of the molecule is Cc1cccc(OCCCC(=O)N2CCCOc3c(-c4cnn(Cc5ccc(C(=O)NCC(=O)O)cc5)c4)cccc32)c1C. The van der Waals surface area contributed by atoms with E-state index in [1.54, 1.807) is 23.0 Å². The van der Waals surface area contributed by atoms with Crippen LogP contribution in [0.1, 0.15) is 46.3 Å². The van der Waals surface area contributed by atoms with Crippen LogP contribution in [0.3, 0.4) is 0 Å². The van der Waals surface area contributed by atoms with Gasteiger partial charge in [-0.05, 0) is 67.6 Å². The molecule has 0 saturated heterocycles. The molecule has 0 saturated carbocycles. The monoisotopic (exact) mass is 596 g/mol. The normalized spacial score (nSPS) is 12.5. The van der Waals surface area contributed by atoms with Gasteiger partial charge in [-0.15, -0.1) is 0 Å². The largest absolute Gasteiger partial charge is 0.493 e. The maximum atomic E-state index is 13.4. The number of carbonyl (C=O) groups excluding carboxylic acids is 2. The molecular weight excluding hydrogens is 560 g/mol. The maximum absolute atomic E-state index is 13.4. The minimum atomic E-state index is -1.10. The highest BCUT2D eigenvalue weighted by Crippen LogP contribution is 2.40. The van der Waals surface area contributed by atoms with E-state index >= 15 is 0 Å². The van der Waals surface area contributed by atoms with Crippen LogP contribution in [0.25, 0.3) is 11.1 Å². The number of nitrogens with zero attached hydrogens (tertiary/aromatic N) is 3. The zero-order valence-corrected chi connectivity index (χ0v) is 24.9. The number of rotatable bonds is 11. The van der Waals surface area contributed by atoms with Gasteiger partial charge in [-0.25, -0.2) is 0 Å². The van der Waals surface area contributed by atoms with Gasteiger partial charge in [0.1, 0.15) is 12.3 Å². The molecule has 0 radical (unpaired) electrons. The van der Waals surface area contributed by atoms with Gasteiger partial charge in [-0.2, -0.15) is 5.10 Å². The molecule has 228 valence electrons. The van der Waals surface area contributed by atoms with Gasteiger partial charge < -0.3 is 24.8 Å². The van der Waals surface area contributed by atoms with Gasteiger partial charge in [0.2, 0.25) is 5.91 Å². The quantitative estimate of drug-likeness (QED) is 0.234. The Morgan fingerprint density at radius 3 is 2.64 bits per heavy atom. The molecule has 4 aromatic rings. The van der Waals surface area contributed by atoms with Crippen LogP contribution in [0.5, 0.6) is 11.5 Å². The van der Waals surface area contributed by atoms with E-state index in [1.165, 1.54) is 5.56 Å². The van der Waals surface area contributed by atoms with Crippen LogP contribution in [-0.2, 0) is 16.1 Å². The van der Waals surface area contributed by atoms with Crippen molar-refractivity contribution in [3.63, 3.8) is 0 Å². The Bertz CT molecular complexity index is 1650. The number of aromatic nitrogens is 2. The van der Waals surface area contributed by atoms with Gasteiger partial charge in [0, 0.05) is 35.9 Å². The number of carboxylic acids is 1. The van der Waals surface area contributed by atoms with Crippen LogP contribution < -0.4 is 19.7 Å². The average molecular weight is 597 g/mol. The number of benzene rings is 3. The number of anilines is 1. The van der Waals surface area contributed by atoms with Crippen molar-refractivity contribution in [1.82, 2.24) is 15.1 Å². The van der Waals surface area contributed by atoms with E-state index < -0.39 is 18.4 Å². The number of ether oxygens (including phenoxy) is 2. The highest BCUT2D eigenvalue weighted by Gasteiger charge is 2.25. The first kappa shape index (κ1) is 30.3. The molecule has 1 aliphatic rings. The second-order valence-electron chi connectivity index (χ2n) is 10.8. The number of fused-ring (bicyclic) bond motifs is 1. The van der Waals surface area contributed by atoms with Crippen LogP contribution in [-0.4, -0.2) is 59.0 Å². The van der Waals surface area contributed by atoms with E-state index in [2.05, 4.69) is 23.4 Å². The van der Waals surface area contributed by atoms with Crippen LogP contribution in [0, 0.1) is 13.8 Å². The van der Waals surface area contributed by atoms with Crippen LogP contribution in [0.4, 0.5) is 5.69 Å². The molecule has 2 heterocycles. The second kappa shape index (κ2) is 13.9. The molecule has 1 aromatic heterocycles. The fourth-order valence-electron chi connectivity index (χ4n) is 5.11. The Hall–Kier alpha value is -5.12. The van der Waals surface area contributed by atoms with Gasteiger partial charge in [0.25, 0.3) is 5.91 Å². The lowest BCUT2D eigenvalue weighted by Gasteiger charge is -2.23. The number of carboxylic acid groups (broad SMARTS) is 1. The molecule has 1 aliphatic heterocycles. The fourth-order valence-corrected chi connectivity index (χ4v) is 5.11. The van der Waals surface area contributed by atoms with Crippen LogP contribution in [0.2, 0.25) is 0 Å². The molecule has 0 atom stereocenters. The summed E-state index contributed by atoms with van der Waals surface area (Å²) in [6.45, 7) is 5.69. The number of hydrogen-bond donors (Lipinski definition) is 2. The first-order chi connectivity index (χ1) is 21.3. The lowest BCUT2D eigenvalue weighted by atomic mass is 10.1. The summed E-state index contributed by atoms with van der Waals surface area (Å²) in [6.07, 6.45) is 5.40. The van der Waals surface area contributed by atoms with Crippen LogP contribution >= 0.6 is 0 Å². The maximum Gasteiger partial charge on any atom is 0.322 e. The molecule has 0 unspecified atom stereocenters. The van der Waals surface area contributed by atoms with Crippen LogP contribution in [0.15, 0.2) is 73.1 Å². The summed E-state index contributed by atoms with van der Waals surface area (Å²) in [7, 11) is 0. The molecule has 10 heteroatoms. The smallest absolute Gasteiger partial charge is 0.322 e. The lowest BCUT2D eigenvalue weighted by molar-refractivity contribution is -0.135. The van der Waals surface area contributed by atoms with E-state index in [0.717, 1.165) is 40.1 Å². The molecule has 0 spiro atoms. The number of amides is 2. The van der Waals surface area contributed by atoms with Crippen molar-refractivity contribution in [2.45, 2.75) is 39.7 Å². The summed E-state index contributed by atoms with van der Waals surface area (Å²) in [4.78, 5) is 38.0. The summed E-state index contributed by atoms with van der Waals surface area (Å²) < 4.78 is 13.9. The molecular formula is C34H36N4O6. The van der Waals surface area contributed by atoms with Crippen molar-refractivity contribution in [3.8, 4) is 22.6 Å². The van der Waals surface area contributed by atoms with Crippen molar-refractivity contribution in [2.75, 3.05) is 31.2 Å². The molecule has 3 aromatic carbocycles. The number of para-hydroxylation sites is 1. The number of aryl methyl sites for hydroxylation is 1. The highest BCUT2D eigenvalue weighted by molar-refractivity contribution is 5.97. The molecule has 2 N–H and O–H groups in total. The number of carbonyl (C=O) groups is 3. The summed E-state index contributed by atoms with van der Waals surface area (Å²) in [5.74, 6) is 0.0200. The molecule has 0 aliphatic carbocycles. The zero-order valence-electron chi connectivity index (χ0n) is 24.9. The zero-order chi connectivity index (χ0) is 31.1. The van der Waals surface area contributed by atoms with Crippen molar-refractivity contribution < 1.29 is 29.0 Å². The Kier molecular flexibility index (Phi) is 9.59. The third-order valence-corrected chi connectivity index (χ3v) is 7.61. The van der Waals surface area contributed by atoms with Crippen molar-refractivity contribution in [2.24, 2.45) is 0 Å². The van der Waals surface area contributed by atoms with E-state index in [4.69, 9.17) is 14.6 Å². The summed E-state index contributed by atoms with van der Waals surface area (Å²) in [5.41, 5.74) is 6.08. The molecule has 0 bridgehead atoms. The lowest BCUT2D eigenvalue weighted by Crippen LogP contribution is -2.31. The minimum absolute atomic E-state index is 0.0363. The fraction of sp³-hybridized carbons (Fsp3) is 0.294. The summed E-state index contributed by atoms with van der Waals surface area (Å²) in [5, 5.41) is 15.6. The minimum Gasteiger partial charge on any atom is -0.493 e. The molecule has 0 fully saturated rings. The van der Waals surface area contributed by atoms with Gasteiger partial charge in [-0.3, -0.25) is 19.1 Å². The molecule has 44 heavy (non-hydrogen) atoms. The third-order valence-electron chi connectivity index (χ3n) is 7.61. The standard InChI is InChI=1S/C34H36N4O6/c1-23-7-3-10-30(24(23)2)43-17-5-11-31(39)38-16-6-18-44-33-28(8-4-9-29(33)38)27-19-36-37(22-27)21-25-12-14-26(15-13-25)34(42)35-20-32(40)41/h3-4,7-10,12-15,19,22H,5-6,11,16-18,20-21H2,1-2H3,(H,35,42)(H,40,41). The Balaban J connectivity index is 1.24. The van der Waals surface area contributed by atoms with Crippen molar-refractivity contribution >= 4 is 23.5 Å². The predicted octanol–water partition coefficient (Wildman–Crippen LogP) is 5.00. The summed E-state index contributed by atoms with van der Waals surface area (Å²) in [6, 6.07) is 18.7. The Morgan fingerprint density at radius 1 is 1.05 bits per heavy atom. The van der Waals surface area contributed by atoms with Gasteiger partial charge in [-0.1, -0.05) is 36.4 Å². The van der Waals surface area contributed by atoms with E-state index in [-0.39, 0.29) is 5.91 Å².